The number of nitrogens with zero attached hydrogens (tertiary/aromatic N) is 3. The Morgan fingerprint density at radius 3 is 2.86 bits per heavy atom. The Balaban J connectivity index is 1.84. The van der Waals surface area contributed by atoms with Gasteiger partial charge in [0, 0.05) is 24.3 Å². The average molecular weight is 278 g/mol. The molecule has 1 saturated heterocycles. The number of imidazole rings is 1. The van der Waals surface area contributed by atoms with E-state index in [0.29, 0.717) is 6.04 Å². The van der Waals surface area contributed by atoms with Crippen molar-refractivity contribution < 1.29 is 0 Å². The van der Waals surface area contributed by atoms with Gasteiger partial charge in [0.1, 0.15) is 11.3 Å². The maximum Gasteiger partial charge on any atom is 0.160 e. The molecule has 0 amide bonds. The zero-order valence-corrected chi connectivity index (χ0v) is 11.9. The first-order valence-electron chi connectivity index (χ1n) is 7.52. The standard InChI is InChI=1S/C17H18N4/c1-2-6-13(7-3-1)16-20-15-9-5-11-19-17(15)21(16)12-14-8-4-10-18-14/h1-3,5-7,9,11,14,18H,4,8,10,12H2. The highest BCUT2D eigenvalue weighted by Gasteiger charge is 2.19. The molecule has 1 aliphatic heterocycles. The van der Waals surface area contributed by atoms with Crippen molar-refractivity contribution in [1.82, 2.24) is 19.9 Å². The second-order valence-corrected chi connectivity index (χ2v) is 5.55. The fourth-order valence-electron chi connectivity index (χ4n) is 3.07. The zero-order chi connectivity index (χ0) is 14.1. The zero-order valence-electron chi connectivity index (χ0n) is 11.9. The molecule has 2 aromatic heterocycles. The van der Waals surface area contributed by atoms with Gasteiger partial charge in [-0.2, -0.15) is 0 Å². The molecule has 1 aromatic carbocycles. The van der Waals surface area contributed by atoms with Crippen LogP contribution in [0.1, 0.15) is 12.8 Å². The lowest BCUT2D eigenvalue weighted by atomic mass is 10.2. The molecule has 3 aromatic rings. The third kappa shape index (κ3) is 2.32. The third-order valence-electron chi connectivity index (χ3n) is 4.10. The maximum atomic E-state index is 4.80. The van der Waals surface area contributed by atoms with Gasteiger partial charge in [0.05, 0.1) is 0 Å². The quantitative estimate of drug-likeness (QED) is 0.801. The second kappa shape index (κ2) is 5.30. The molecule has 0 saturated carbocycles. The van der Waals surface area contributed by atoms with Crippen LogP contribution >= 0.6 is 0 Å². The average Bonchev–Trinajstić information content (AvgIpc) is 3.17. The summed E-state index contributed by atoms with van der Waals surface area (Å²) in [5.74, 6) is 1.01. The highest BCUT2D eigenvalue weighted by atomic mass is 15.2. The summed E-state index contributed by atoms with van der Waals surface area (Å²) in [5, 5.41) is 3.56. The van der Waals surface area contributed by atoms with E-state index in [9.17, 15) is 0 Å². The number of fused-ring (bicyclic) bond motifs is 1. The number of pyridine rings is 1. The van der Waals surface area contributed by atoms with Gasteiger partial charge < -0.3 is 9.88 Å². The van der Waals surface area contributed by atoms with E-state index in [2.05, 4.69) is 39.1 Å². The van der Waals surface area contributed by atoms with Crippen molar-refractivity contribution in [1.29, 1.82) is 0 Å². The van der Waals surface area contributed by atoms with Crippen LogP contribution in [0.25, 0.3) is 22.6 Å². The predicted octanol–water partition coefficient (Wildman–Crippen LogP) is 2.85. The lowest BCUT2D eigenvalue weighted by molar-refractivity contribution is 0.518. The van der Waals surface area contributed by atoms with Crippen molar-refractivity contribution in [2.75, 3.05) is 6.54 Å². The van der Waals surface area contributed by atoms with Gasteiger partial charge in [-0.25, -0.2) is 9.97 Å². The van der Waals surface area contributed by atoms with E-state index in [-0.39, 0.29) is 0 Å². The Morgan fingerprint density at radius 1 is 1.14 bits per heavy atom. The molecule has 3 heterocycles. The molecule has 1 N–H and O–H groups in total. The Kier molecular flexibility index (Phi) is 3.16. The molecule has 1 aliphatic rings. The van der Waals surface area contributed by atoms with Crippen LogP contribution in [0.15, 0.2) is 48.7 Å². The number of rotatable bonds is 3. The van der Waals surface area contributed by atoms with Gasteiger partial charge in [-0.3, -0.25) is 0 Å². The lowest BCUT2D eigenvalue weighted by Crippen LogP contribution is -2.27. The van der Waals surface area contributed by atoms with Crippen LogP contribution in [-0.4, -0.2) is 27.1 Å². The van der Waals surface area contributed by atoms with Gasteiger partial charge in [0.2, 0.25) is 0 Å². The second-order valence-electron chi connectivity index (χ2n) is 5.55. The van der Waals surface area contributed by atoms with Crippen molar-refractivity contribution in [3.63, 3.8) is 0 Å². The highest BCUT2D eigenvalue weighted by Crippen LogP contribution is 2.24. The molecule has 1 atom stereocenters. The molecule has 4 heteroatoms. The molecule has 1 fully saturated rings. The van der Waals surface area contributed by atoms with Crippen molar-refractivity contribution in [3.05, 3.63) is 48.7 Å². The van der Waals surface area contributed by atoms with E-state index in [1.807, 2.05) is 24.4 Å². The van der Waals surface area contributed by atoms with Crippen molar-refractivity contribution in [3.8, 4) is 11.4 Å². The summed E-state index contributed by atoms with van der Waals surface area (Å²) in [4.78, 5) is 9.34. The van der Waals surface area contributed by atoms with Crippen molar-refractivity contribution >= 4 is 11.2 Å². The molecular formula is C17H18N4. The Labute approximate surface area is 123 Å². The van der Waals surface area contributed by atoms with E-state index >= 15 is 0 Å². The lowest BCUT2D eigenvalue weighted by Gasteiger charge is -2.14. The normalized spacial score (nSPS) is 18.4. The Bertz CT molecular complexity index is 742. The molecule has 106 valence electrons. The van der Waals surface area contributed by atoms with Gasteiger partial charge in [-0.1, -0.05) is 30.3 Å². The number of hydrogen-bond donors (Lipinski definition) is 1. The summed E-state index contributed by atoms with van der Waals surface area (Å²) in [6.45, 7) is 2.04. The number of benzene rings is 1. The summed E-state index contributed by atoms with van der Waals surface area (Å²) in [5.41, 5.74) is 3.09. The van der Waals surface area contributed by atoms with Gasteiger partial charge in [-0.05, 0) is 31.5 Å². The predicted molar refractivity (Wildman–Crippen MR) is 84.0 cm³/mol. The Hall–Kier alpha value is -2.20. The SMILES string of the molecule is c1ccc(-c2nc3cccnc3n2CC2CCCN2)cc1. The van der Waals surface area contributed by atoms with Crippen LogP contribution in [0.3, 0.4) is 0 Å². The van der Waals surface area contributed by atoms with Gasteiger partial charge >= 0.3 is 0 Å². The van der Waals surface area contributed by atoms with E-state index in [4.69, 9.17) is 4.98 Å². The maximum absolute atomic E-state index is 4.80. The monoisotopic (exact) mass is 278 g/mol. The number of hydrogen-bond acceptors (Lipinski definition) is 3. The summed E-state index contributed by atoms with van der Waals surface area (Å²) in [7, 11) is 0. The molecule has 0 aliphatic carbocycles. The van der Waals surface area contributed by atoms with Crippen LogP contribution in [0.4, 0.5) is 0 Å². The minimum atomic E-state index is 0.520. The summed E-state index contributed by atoms with van der Waals surface area (Å²) >= 11 is 0. The minimum Gasteiger partial charge on any atom is -0.312 e. The van der Waals surface area contributed by atoms with Gasteiger partial charge in [0.25, 0.3) is 0 Å². The van der Waals surface area contributed by atoms with E-state index in [0.717, 1.165) is 35.6 Å². The first-order valence-corrected chi connectivity index (χ1v) is 7.52. The van der Waals surface area contributed by atoms with Gasteiger partial charge in [-0.15, -0.1) is 0 Å². The fourth-order valence-corrected chi connectivity index (χ4v) is 3.07. The molecule has 21 heavy (non-hydrogen) atoms. The number of aromatic nitrogens is 3. The highest BCUT2D eigenvalue weighted by molar-refractivity contribution is 5.77. The largest absolute Gasteiger partial charge is 0.312 e. The van der Waals surface area contributed by atoms with Crippen LogP contribution < -0.4 is 5.32 Å². The molecule has 0 bridgehead atoms. The van der Waals surface area contributed by atoms with E-state index in [1.165, 1.54) is 12.8 Å². The fraction of sp³-hybridized carbons (Fsp3) is 0.294. The molecular weight excluding hydrogens is 260 g/mol. The van der Waals surface area contributed by atoms with E-state index in [1.54, 1.807) is 0 Å². The van der Waals surface area contributed by atoms with Crippen LogP contribution in [0.5, 0.6) is 0 Å². The van der Waals surface area contributed by atoms with Crippen LogP contribution in [-0.2, 0) is 6.54 Å². The first-order chi connectivity index (χ1) is 10.4. The van der Waals surface area contributed by atoms with E-state index < -0.39 is 0 Å². The van der Waals surface area contributed by atoms with Crippen molar-refractivity contribution in [2.45, 2.75) is 25.4 Å². The minimum absolute atomic E-state index is 0.520. The molecule has 4 rings (SSSR count). The summed E-state index contributed by atoms with van der Waals surface area (Å²) in [6, 6.07) is 14.9. The Morgan fingerprint density at radius 2 is 2.05 bits per heavy atom. The van der Waals surface area contributed by atoms with Crippen molar-refractivity contribution in [2.24, 2.45) is 0 Å². The molecule has 0 radical (unpaired) electrons. The topological polar surface area (TPSA) is 42.7 Å². The molecule has 0 spiro atoms. The molecule has 4 nitrogen and oxygen atoms in total. The first kappa shape index (κ1) is 12.5. The third-order valence-corrected chi connectivity index (χ3v) is 4.10. The molecule has 1 unspecified atom stereocenters. The summed E-state index contributed by atoms with van der Waals surface area (Å²) in [6.07, 6.45) is 4.32. The van der Waals surface area contributed by atoms with Crippen LogP contribution in [0.2, 0.25) is 0 Å². The smallest absolute Gasteiger partial charge is 0.160 e. The summed E-state index contributed by atoms with van der Waals surface area (Å²) < 4.78 is 2.26. The van der Waals surface area contributed by atoms with Crippen LogP contribution in [0, 0.1) is 0 Å². The number of nitrogens with one attached hydrogen (secondary N) is 1. The van der Waals surface area contributed by atoms with Gasteiger partial charge in [0.15, 0.2) is 5.65 Å².